The number of ether oxygens (including phenoxy) is 1. The summed E-state index contributed by atoms with van der Waals surface area (Å²) in [5.74, 6) is -0.417. The number of aromatic nitrogens is 1. The molecule has 2 aromatic rings. The van der Waals surface area contributed by atoms with Crippen molar-refractivity contribution in [2.24, 2.45) is 5.16 Å². The number of fused-ring (bicyclic) bond motifs is 1. The molecule has 0 saturated carbocycles. The second kappa shape index (κ2) is 4.84. The predicted molar refractivity (Wildman–Crippen MR) is 79.1 cm³/mol. The van der Waals surface area contributed by atoms with E-state index in [1.807, 2.05) is 31.3 Å². The highest BCUT2D eigenvalue weighted by molar-refractivity contribution is 6.06. The molecule has 108 valence electrons. The van der Waals surface area contributed by atoms with Crippen LogP contribution in [0.1, 0.15) is 24.5 Å². The number of nitrogens with zero attached hydrogens (tertiary/aromatic N) is 2. The van der Waals surface area contributed by atoms with E-state index in [2.05, 4.69) is 16.2 Å². The van der Waals surface area contributed by atoms with Crippen molar-refractivity contribution in [3.8, 4) is 0 Å². The Labute approximate surface area is 122 Å². The zero-order valence-corrected chi connectivity index (χ0v) is 12.2. The van der Waals surface area contributed by atoms with Crippen LogP contribution >= 0.6 is 0 Å². The van der Waals surface area contributed by atoms with Gasteiger partial charge in [-0.3, -0.25) is 4.98 Å². The van der Waals surface area contributed by atoms with Crippen LogP contribution in [0.4, 0.5) is 0 Å². The third-order valence-electron chi connectivity index (χ3n) is 3.63. The van der Waals surface area contributed by atoms with Gasteiger partial charge in [0.1, 0.15) is 0 Å². The van der Waals surface area contributed by atoms with Crippen molar-refractivity contribution in [3.05, 3.63) is 41.6 Å². The maximum atomic E-state index is 11.7. The van der Waals surface area contributed by atoms with Gasteiger partial charge in [0, 0.05) is 23.6 Å². The van der Waals surface area contributed by atoms with Crippen LogP contribution in [0.2, 0.25) is 0 Å². The minimum absolute atomic E-state index is 0.393. The second-order valence-electron chi connectivity index (χ2n) is 5.45. The molecular formula is C16H16N2O3. The lowest BCUT2D eigenvalue weighted by Gasteiger charge is -2.17. The van der Waals surface area contributed by atoms with Gasteiger partial charge in [0.15, 0.2) is 0 Å². The number of pyridine rings is 1. The van der Waals surface area contributed by atoms with Crippen molar-refractivity contribution in [2.75, 3.05) is 7.11 Å². The molecule has 0 radical (unpaired) electrons. The number of oxime groups is 1. The molecule has 5 nitrogen and oxygen atoms in total. The molecule has 5 heteroatoms. The van der Waals surface area contributed by atoms with Crippen molar-refractivity contribution in [1.29, 1.82) is 0 Å². The normalized spacial score (nSPS) is 21.0. The van der Waals surface area contributed by atoms with Crippen LogP contribution in [-0.4, -0.2) is 29.4 Å². The van der Waals surface area contributed by atoms with Gasteiger partial charge in [0.2, 0.25) is 5.60 Å². The Bertz CT molecular complexity index is 754. The van der Waals surface area contributed by atoms with Crippen LogP contribution in [0.3, 0.4) is 0 Å². The summed E-state index contributed by atoms with van der Waals surface area (Å²) < 4.78 is 4.76. The molecule has 21 heavy (non-hydrogen) atoms. The Morgan fingerprint density at radius 1 is 1.38 bits per heavy atom. The molecule has 1 aromatic heterocycles. The number of carbonyl (C=O) groups excluding carboxylic acids is 1. The number of esters is 1. The van der Waals surface area contributed by atoms with Crippen molar-refractivity contribution >= 4 is 22.6 Å². The average molecular weight is 284 g/mol. The van der Waals surface area contributed by atoms with Crippen LogP contribution in [-0.2, 0) is 14.4 Å². The SMILES string of the molecule is COC(=O)C1(C)CC(c2ccc3ncc(C)cc3c2)=NO1. The van der Waals surface area contributed by atoms with E-state index in [9.17, 15) is 4.79 Å². The Morgan fingerprint density at radius 3 is 2.95 bits per heavy atom. The maximum Gasteiger partial charge on any atom is 0.353 e. The molecule has 1 atom stereocenters. The summed E-state index contributed by atoms with van der Waals surface area (Å²) >= 11 is 0. The third kappa shape index (κ3) is 2.35. The molecular weight excluding hydrogens is 268 g/mol. The molecule has 0 fully saturated rings. The molecule has 1 unspecified atom stereocenters. The Kier molecular flexibility index (Phi) is 3.12. The van der Waals surface area contributed by atoms with Gasteiger partial charge in [0.25, 0.3) is 0 Å². The number of hydrogen-bond donors (Lipinski definition) is 0. The van der Waals surface area contributed by atoms with Crippen molar-refractivity contribution in [3.63, 3.8) is 0 Å². The summed E-state index contributed by atoms with van der Waals surface area (Å²) in [6, 6.07) is 7.97. The first kappa shape index (κ1) is 13.5. The van der Waals surface area contributed by atoms with Gasteiger partial charge in [-0.1, -0.05) is 11.2 Å². The lowest BCUT2D eigenvalue weighted by atomic mass is 9.95. The fourth-order valence-electron chi connectivity index (χ4n) is 2.44. The zero-order chi connectivity index (χ0) is 15.0. The summed E-state index contributed by atoms with van der Waals surface area (Å²) in [5, 5.41) is 5.10. The Morgan fingerprint density at radius 2 is 2.19 bits per heavy atom. The van der Waals surface area contributed by atoms with Gasteiger partial charge >= 0.3 is 5.97 Å². The highest BCUT2D eigenvalue weighted by Crippen LogP contribution is 2.28. The lowest BCUT2D eigenvalue weighted by Crippen LogP contribution is -2.36. The number of methoxy groups -OCH3 is 1. The number of carbonyl (C=O) groups is 1. The van der Waals surface area contributed by atoms with Crippen LogP contribution in [0.15, 0.2) is 35.6 Å². The molecule has 0 aliphatic carbocycles. The summed E-state index contributed by atoms with van der Waals surface area (Å²) in [4.78, 5) is 21.4. The molecule has 1 aliphatic heterocycles. The molecule has 1 aliphatic rings. The zero-order valence-electron chi connectivity index (χ0n) is 12.2. The predicted octanol–water partition coefficient (Wildman–Crippen LogP) is 2.60. The van der Waals surface area contributed by atoms with E-state index < -0.39 is 11.6 Å². The van der Waals surface area contributed by atoms with Gasteiger partial charge in [-0.05, 0) is 37.6 Å². The molecule has 0 spiro atoms. The number of benzene rings is 1. The summed E-state index contributed by atoms with van der Waals surface area (Å²) in [5.41, 5.74) is 2.67. The van der Waals surface area contributed by atoms with E-state index in [1.54, 1.807) is 6.92 Å². The molecule has 0 N–H and O–H groups in total. The average Bonchev–Trinajstić information content (AvgIpc) is 2.89. The fraction of sp³-hybridized carbons (Fsp3) is 0.312. The highest BCUT2D eigenvalue weighted by atomic mass is 16.7. The molecule has 0 saturated heterocycles. The van der Waals surface area contributed by atoms with Crippen LogP contribution in [0.5, 0.6) is 0 Å². The topological polar surface area (TPSA) is 60.8 Å². The first-order chi connectivity index (χ1) is 10.0. The Hall–Kier alpha value is -2.43. The number of aryl methyl sites for hydroxylation is 1. The summed E-state index contributed by atoms with van der Waals surface area (Å²) in [7, 11) is 1.35. The Balaban J connectivity index is 1.93. The summed E-state index contributed by atoms with van der Waals surface area (Å²) in [6.07, 6.45) is 2.23. The lowest BCUT2D eigenvalue weighted by molar-refractivity contribution is -0.164. The van der Waals surface area contributed by atoms with Crippen molar-refractivity contribution in [1.82, 2.24) is 4.98 Å². The maximum absolute atomic E-state index is 11.7. The van der Waals surface area contributed by atoms with Crippen LogP contribution < -0.4 is 0 Å². The highest BCUT2D eigenvalue weighted by Gasteiger charge is 2.43. The van der Waals surface area contributed by atoms with Crippen LogP contribution in [0, 0.1) is 6.92 Å². The first-order valence-electron chi connectivity index (χ1n) is 6.72. The second-order valence-corrected chi connectivity index (χ2v) is 5.45. The molecule has 1 aromatic carbocycles. The van der Waals surface area contributed by atoms with Gasteiger partial charge in [0.05, 0.1) is 18.3 Å². The molecule has 0 bridgehead atoms. The van der Waals surface area contributed by atoms with E-state index in [-0.39, 0.29) is 0 Å². The van der Waals surface area contributed by atoms with Gasteiger partial charge in [-0.15, -0.1) is 0 Å². The minimum Gasteiger partial charge on any atom is -0.466 e. The van der Waals surface area contributed by atoms with E-state index in [1.165, 1.54) is 7.11 Å². The quantitative estimate of drug-likeness (QED) is 0.795. The van der Waals surface area contributed by atoms with E-state index >= 15 is 0 Å². The largest absolute Gasteiger partial charge is 0.466 e. The first-order valence-corrected chi connectivity index (χ1v) is 6.72. The van der Waals surface area contributed by atoms with E-state index in [0.717, 1.165) is 27.7 Å². The number of hydrogen-bond acceptors (Lipinski definition) is 5. The monoisotopic (exact) mass is 284 g/mol. The fourth-order valence-corrected chi connectivity index (χ4v) is 2.44. The van der Waals surface area contributed by atoms with E-state index in [4.69, 9.17) is 9.57 Å². The van der Waals surface area contributed by atoms with E-state index in [0.29, 0.717) is 6.42 Å². The van der Waals surface area contributed by atoms with Gasteiger partial charge < -0.3 is 9.57 Å². The van der Waals surface area contributed by atoms with Crippen molar-refractivity contribution in [2.45, 2.75) is 25.9 Å². The van der Waals surface area contributed by atoms with Gasteiger partial charge in [-0.2, -0.15) is 0 Å². The summed E-state index contributed by atoms with van der Waals surface area (Å²) in [6.45, 7) is 3.69. The van der Waals surface area contributed by atoms with Gasteiger partial charge in [-0.25, -0.2) is 4.79 Å². The molecule has 0 amide bonds. The third-order valence-corrected chi connectivity index (χ3v) is 3.63. The smallest absolute Gasteiger partial charge is 0.353 e. The minimum atomic E-state index is -1.04. The standard InChI is InChI=1S/C16H16N2O3/c1-10-6-12-7-11(4-5-13(12)17-9-10)14-8-16(2,21-18-14)15(19)20-3/h4-7,9H,8H2,1-3H3. The molecule has 3 rings (SSSR count). The van der Waals surface area contributed by atoms with Crippen molar-refractivity contribution < 1.29 is 14.4 Å². The molecule has 2 heterocycles. The number of rotatable bonds is 2. The van der Waals surface area contributed by atoms with Crippen LogP contribution in [0.25, 0.3) is 10.9 Å².